The van der Waals surface area contributed by atoms with Crippen molar-refractivity contribution in [2.45, 2.75) is 13.1 Å². The molecule has 4 nitrogen and oxygen atoms in total. The minimum atomic E-state index is 0. The minimum absolute atomic E-state index is 0. The standard InChI is InChI=1S/C14H16N2O2.2ClH/c1-18-14-7-11(4-5-13(14)17)8-16-10-12-3-2-6-15-9-12;;/h2-7,9,16-17H,8,10H2,1H3;2*1H. The molecular weight excluding hydrogens is 299 g/mol. The Morgan fingerprint density at radius 1 is 1.15 bits per heavy atom. The Bertz CT molecular complexity index is 510. The van der Waals surface area contributed by atoms with Crippen LogP contribution in [0.5, 0.6) is 11.5 Å². The van der Waals surface area contributed by atoms with Gasteiger partial charge in [0.2, 0.25) is 0 Å². The number of phenols is 1. The molecule has 0 saturated heterocycles. The van der Waals surface area contributed by atoms with Crippen LogP contribution >= 0.6 is 24.8 Å². The number of phenolic OH excluding ortho intramolecular Hbond substituents is 1. The van der Waals surface area contributed by atoms with Crippen LogP contribution in [0, 0.1) is 0 Å². The molecule has 0 radical (unpaired) electrons. The average molecular weight is 317 g/mol. The third-order valence-electron chi connectivity index (χ3n) is 2.63. The van der Waals surface area contributed by atoms with Gasteiger partial charge in [-0.15, -0.1) is 24.8 Å². The molecule has 0 aliphatic carbocycles. The van der Waals surface area contributed by atoms with Gasteiger partial charge in [-0.25, -0.2) is 0 Å². The van der Waals surface area contributed by atoms with E-state index in [1.165, 1.54) is 0 Å². The molecule has 0 unspecified atom stereocenters. The van der Waals surface area contributed by atoms with E-state index in [1.54, 1.807) is 19.4 Å². The van der Waals surface area contributed by atoms with Gasteiger partial charge in [0.1, 0.15) is 0 Å². The van der Waals surface area contributed by atoms with Gasteiger partial charge in [0.25, 0.3) is 0 Å². The van der Waals surface area contributed by atoms with Crippen LogP contribution in [0.25, 0.3) is 0 Å². The van der Waals surface area contributed by atoms with Crippen molar-refractivity contribution in [3.63, 3.8) is 0 Å². The molecule has 6 heteroatoms. The molecular formula is C14H18Cl2N2O2. The second-order valence-corrected chi connectivity index (χ2v) is 3.97. The van der Waals surface area contributed by atoms with Crippen LogP contribution in [0.4, 0.5) is 0 Å². The second kappa shape index (κ2) is 9.42. The van der Waals surface area contributed by atoms with E-state index < -0.39 is 0 Å². The van der Waals surface area contributed by atoms with Crippen molar-refractivity contribution < 1.29 is 9.84 Å². The summed E-state index contributed by atoms with van der Waals surface area (Å²) in [6, 6.07) is 9.28. The van der Waals surface area contributed by atoms with Crippen LogP contribution in [0.3, 0.4) is 0 Å². The highest BCUT2D eigenvalue weighted by Crippen LogP contribution is 2.26. The van der Waals surface area contributed by atoms with E-state index in [1.807, 2.05) is 30.5 Å². The Morgan fingerprint density at radius 2 is 1.90 bits per heavy atom. The number of rotatable bonds is 5. The molecule has 0 bridgehead atoms. The van der Waals surface area contributed by atoms with E-state index in [2.05, 4.69) is 10.3 Å². The summed E-state index contributed by atoms with van der Waals surface area (Å²) in [5.74, 6) is 0.657. The fourth-order valence-corrected chi connectivity index (χ4v) is 1.69. The third kappa shape index (κ3) is 5.25. The summed E-state index contributed by atoms with van der Waals surface area (Å²) in [5.41, 5.74) is 2.21. The number of aromatic hydroxyl groups is 1. The maximum atomic E-state index is 9.48. The fraction of sp³-hybridized carbons (Fsp3) is 0.214. The van der Waals surface area contributed by atoms with Gasteiger partial charge in [-0.1, -0.05) is 12.1 Å². The van der Waals surface area contributed by atoms with E-state index in [0.717, 1.165) is 17.7 Å². The van der Waals surface area contributed by atoms with Gasteiger partial charge in [-0.05, 0) is 29.3 Å². The van der Waals surface area contributed by atoms with E-state index in [0.29, 0.717) is 12.3 Å². The van der Waals surface area contributed by atoms with Crippen LogP contribution in [0.15, 0.2) is 42.7 Å². The van der Waals surface area contributed by atoms with Crippen molar-refractivity contribution in [2.75, 3.05) is 7.11 Å². The summed E-state index contributed by atoms with van der Waals surface area (Å²) >= 11 is 0. The van der Waals surface area contributed by atoms with Crippen molar-refractivity contribution >= 4 is 24.8 Å². The zero-order valence-corrected chi connectivity index (χ0v) is 12.7. The van der Waals surface area contributed by atoms with Crippen LogP contribution in [-0.2, 0) is 13.1 Å². The highest BCUT2D eigenvalue weighted by Gasteiger charge is 2.02. The number of nitrogens with zero attached hydrogens (tertiary/aromatic N) is 1. The lowest BCUT2D eigenvalue weighted by atomic mass is 10.2. The highest BCUT2D eigenvalue weighted by atomic mass is 35.5. The molecule has 0 aliphatic rings. The average Bonchev–Trinajstić information content (AvgIpc) is 2.42. The van der Waals surface area contributed by atoms with Crippen molar-refractivity contribution in [1.29, 1.82) is 0 Å². The van der Waals surface area contributed by atoms with Crippen LogP contribution in [-0.4, -0.2) is 17.2 Å². The van der Waals surface area contributed by atoms with Crippen LogP contribution in [0.2, 0.25) is 0 Å². The number of halogens is 2. The molecule has 1 aromatic heterocycles. The Morgan fingerprint density at radius 3 is 2.55 bits per heavy atom. The maximum absolute atomic E-state index is 9.48. The molecule has 0 aliphatic heterocycles. The van der Waals surface area contributed by atoms with E-state index in [9.17, 15) is 5.11 Å². The Kier molecular flexibility index (Phi) is 8.72. The smallest absolute Gasteiger partial charge is 0.160 e. The third-order valence-corrected chi connectivity index (χ3v) is 2.63. The molecule has 1 aromatic carbocycles. The van der Waals surface area contributed by atoms with Gasteiger partial charge < -0.3 is 15.2 Å². The molecule has 2 aromatic rings. The Labute approximate surface area is 131 Å². The Balaban J connectivity index is 0.00000180. The van der Waals surface area contributed by atoms with E-state index >= 15 is 0 Å². The van der Waals surface area contributed by atoms with Gasteiger partial charge in [-0.2, -0.15) is 0 Å². The molecule has 0 amide bonds. The number of pyridine rings is 1. The van der Waals surface area contributed by atoms with Gasteiger partial charge in [0, 0.05) is 25.5 Å². The van der Waals surface area contributed by atoms with E-state index in [4.69, 9.17) is 4.74 Å². The number of methoxy groups -OCH3 is 1. The molecule has 2 rings (SSSR count). The second-order valence-electron chi connectivity index (χ2n) is 3.97. The van der Waals surface area contributed by atoms with Crippen molar-refractivity contribution in [1.82, 2.24) is 10.3 Å². The molecule has 2 N–H and O–H groups in total. The molecule has 0 saturated carbocycles. The number of hydrogen-bond donors (Lipinski definition) is 2. The lowest BCUT2D eigenvalue weighted by molar-refractivity contribution is 0.373. The quantitative estimate of drug-likeness (QED) is 0.890. The lowest BCUT2D eigenvalue weighted by Gasteiger charge is -2.08. The monoisotopic (exact) mass is 316 g/mol. The van der Waals surface area contributed by atoms with Crippen molar-refractivity contribution in [3.05, 3.63) is 53.9 Å². The van der Waals surface area contributed by atoms with Crippen LogP contribution < -0.4 is 10.1 Å². The van der Waals surface area contributed by atoms with Gasteiger partial charge >= 0.3 is 0 Å². The molecule has 0 fully saturated rings. The van der Waals surface area contributed by atoms with Crippen molar-refractivity contribution in [2.24, 2.45) is 0 Å². The Hall–Kier alpha value is -1.49. The largest absolute Gasteiger partial charge is 0.504 e. The topological polar surface area (TPSA) is 54.4 Å². The van der Waals surface area contributed by atoms with Gasteiger partial charge in [0.15, 0.2) is 11.5 Å². The molecule has 110 valence electrons. The zero-order chi connectivity index (χ0) is 12.8. The first-order valence-electron chi connectivity index (χ1n) is 5.75. The summed E-state index contributed by atoms with van der Waals surface area (Å²) in [6.07, 6.45) is 3.60. The number of aromatic nitrogens is 1. The maximum Gasteiger partial charge on any atom is 0.160 e. The first-order chi connectivity index (χ1) is 8.79. The number of hydrogen-bond acceptors (Lipinski definition) is 4. The summed E-state index contributed by atoms with van der Waals surface area (Å²) in [6.45, 7) is 1.47. The first-order valence-corrected chi connectivity index (χ1v) is 5.75. The number of ether oxygens (including phenoxy) is 1. The minimum Gasteiger partial charge on any atom is -0.504 e. The first kappa shape index (κ1) is 18.5. The molecule has 0 spiro atoms. The highest BCUT2D eigenvalue weighted by molar-refractivity contribution is 5.85. The predicted octanol–water partition coefficient (Wildman–Crippen LogP) is 2.93. The number of nitrogens with one attached hydrogen (secondary N) is 1. The van der Waals surface area contributed by atoms with E-state index in [-0.39, 0.29) is 30.6 Å². The zero-order valence-electron chi connectivity index (χ0n) is 11.1. The summed E-state index contributed by atoms with van der Waals surface area (Å²) in [4.78, 5) is 4.06. The van der Waals surface area contributed by atoms with Gasteiger partial charge in [0.05, 0.1) is 7.11 Å². The van der Waals surface area contributed by atoms with Crippen LogP contribution in [0.1, 0.15) is 11.1 Å². The lowest BCUT2D eigenvalue weighted by Crippen LogP contribution is -2.12. The fourth-order valence-electron chi connectivity index (χ4n) is 1.69. The van der Waals surface area contributed by atoms with Crippen molar-refractivity contribution in [3.8, 4) is 11.5 Å². The normalized spacial score (nSPS) is 9.25. The molecule has 0 atom stereocenters. The molecule has 1 heterocycles. The summed E-state index contributed by atoms with van der Waals surface area (Å²) in [7, 11) is 1.54. The summed E-state index contributed by atoms with van der Waals surface area (Å²) in [5, 5.41) is 12.8. The summed E-state index contributed by atoms with van der Waals surface area (Å²) < 4.78 is 5.06. The predicted molar refractivity (Wildman–Crippen MR) is 83.9 cm³/mol. The molecule has 20 heavy (non-hydrogen) atoms. The SMILES string of the molecule is COc1cc(CNCc2cccnc2)ccc1O.Cl.Cl. The number of benzene rings is 1. The van der Waals surface area contributed by atoms with Gasteiger partial charge in [-0.3, -0.25) is 4.98 Å².